The average molecular weight is 963 g/mol. The van der Waals surface area contributed by atoms with E-state index in [-0.39, 0.29) is 0 Å². The quantitative estimate of drug-likeness (QED) is 0.0859. The molecule has 0 aromatic rings. The third kappa shape index (κ3) is 25.6. The molecule has 0 heterocycles. The summed E-state index contributed by atoms with van der Waals surface area (Å²) in [5.41, 5.74) is 0. The van der Waals surface area contributed by atoms with Gasteiger partial charge in [-0.1, -0.05) is 0 Å². The monoisotopic (exact) mass is 961 g/mol. The molecule has 0 N–H and O–H groups in total. The molecule has 1 radical (unpaired) electrons. The van der Waals surface area contributed by atoms with Crippen molar-refractivity contribution in [2.45, 2.75) is 177 Å². The third-order valence-corrected chi connectivity index (χ3v) is 53.3. The summed E-state index contributed by atoms with van der Waals surface area (Å²) in [7, 11) is -31.2. The van der Waals surface area contributed by atoms with Gasteiger partial charge in [-0.05, 0) is 177 Å². The Bertz CT molecular complexity index is 1140. The summed E-state index contributed by atoms with van der Waals surface area (Å²) in [6, 6.07) is 0. The molecule has 313 valence electrons. The van der Waals surface area contributed by atoms with Crippen LogP contribution < -0.4 is 0 Å². The molecule has 0 spiro atoms. The van der Waals surface area contributed by atoms with E-state index in [0.717, 1.165) is 0 Å². The molecule has 0 amide bonds. The molecule has 0 atom stereocenters. The van der Waals surface area contributed by atoms with E-state index >= 15 is 0 Å². The maximum Gasteiger partial charge on any atom is 0.314 e. The van der Waals surface area contributed by atoms with Crippen LogP contribution in [0.3, 0.4) is 0 Å². The lowest BCUT2D eigenvalue weighted by atomic mass is 11.8. The zero-order valence-corrected chi connectivity index (χ0v) is 51.4. The van der Waals surface area contributed by atoms with Gasteiger partial charge in [-0.25, -0.2) is 0 Å². The van der Waals surface area contributed by atoms with Crippen molar-refractivity contribution < 1.29 is 49.4 Å². The molecule has 0 aliphatic rings. The van der Waals surface area contributed by atoms with Gasteiger partial charge in [0.2, 0.25) is 0 Å². The molecule has 0 aromatic carbocycles. The van der Waals surface area contributed by atoms with E-state index in [1.165, 1.54) is 0 Å². The number of hydrogen-bond acceptors (Lipinski definition) is 12. The van der Waals surface area contributed by atoms with Crippen LogP contribution in [0.2, 0.25) is 177 Å². The fourth-order valence-electron chi connectivity index (χ4n) is 7.38. The van der Waals surface area contributed by atoms with Gasteiger partial charge in [0.1, 0.15) is 0 Å². The van der Waals surface area contributed by atoms with E-state index in [1.807, 2.05) is 0 Å². The highest BCUT2D eigenvalue weighted by Gasteiger charge is 2.51. The van der Waals surface area contributed by atoms with Crippen LogP contribution in [0.5, 0.6) is 0 Å². The zero-order chi connectivity index (χ0) is 42.1. The second kappa shape index (κ2) is 18.3. The van der Waals surface area contributed by atoms with Crippen LogP contribution in [0.4, 0.5) is 0 Å². The molecule has 0 unspecified atom stereocenters. The van der Waals surface area contributed by atoms with Crippen molar-refractivity contribution in [1.29, 1.82) is 0 Å². The van der Waals surface area contributed by atoms with E-state index < -0.39 is 112 Å². The van der Waals surface area contributed by atoms with Crippen LogP contribution >= 0.6 is 0 Å². The Hall–Kier alpha value is 2.34. The first kappa shape index (κ1) is 54.3. The Labute approximate surface area is 335 Å². The fourth-order valence-corrected chi connectivity index (χ4v) is 70.5. The fraction of sp³-hybridized carbons (Fsp3) is 1.00. The molecule has 0 aliphatic heterocycles. The van der Waals surface area contributed by atoms with Crippen LogP contribution in [0.1, 0.15) is 0 Å². The first-order valence-electron chi connectivity index (χ1n) is 18.4. The Morgan fingerprint density at radius 2 is 0.346 bits per heavy atom. The van der Waals surface area contributed by atoms with E-state index in [2.05, 4.69) is 177 Å². The van der Waals surface area contributed by atoms with Crippen LogP contribution in [0.15, 0.2) is 0 Å². The minimum Gasteiger partial charge on any atom is -0.437 e. The standard InChI is InChI=1S/C27H81O12Si13/c1-40(2)28-42(6,7)30-44(10,11)32-46(14,15)34-48(18,19)36-50(22,23)38-52(26,27)39-51(24,25)37-49(20,21)35-47(16,17)33-45(12,13)31-43(8,9)29-41(3,4)5/h1-27H3. The molecule has 12 nitrogen and oxygen atoms in total. The van der Waals surface area contributed by atoms with E-state index in [1.54, 1.807) is 0 Å². The van der Waals surface area contributed by atoms with Gasteiger partial charge in [0.25, 0.3) is 0 Å². The van der Waals surface area contributed by atoms with Gasteiger partial charge >= 0.3 is 94.2 Å². The minimum atomic E-state index is -2.73. The van der Waals surface area contributed by atoms with Crippen LogP contribution in [0.25, 0.3) is 0 Å². The SMILES string of the molecule is C[Si](C)O[Si](C)(C)O[Si](C)(C)O[Si](C)(C)O[Si](C)(C)O[Si](C)(C)O[Si](C)(C)O[Si](C)(C)O[Si](C)(C)O[Si](C)(C)O[Si](C)(C)O[Si](C)(C)O[Si](C)(C)C. The van der Waals surface area contributed by atoms with Crippen molar-refractivity contribution in [3.63, 3.8) is 0 Å². The Balaban J connectivity index is 5.58. The maximum absolute atomic E-state index is 6.82. The van der Waals surface area contributed by atoms with Crippen molar-refractivity contribution in [2.75, 3.05) is 0 Å². The van der Waals surface area contributed by atoms with Crippen molar-refractivity contribution >= 4 is 112 Å². The molecule has 25 heteroatoms. The molecular formula is C27H81O12Si13. The summed E-state index contributed by atoms with van der Waals surface area (Å²) in [5, 5.41) is 0. The second-order valence-corrected chi connectivity index (χ2v) is 66.3. The van der Waals surface area contributed by atoms with Gasteiger partial charge in [-0.15, -0.1) is 0 Å². The first-order chi connectivity index (χ1) is 22.2. The highest BCUT2D eigenvalue weighted by atomic mass is 28.5. The van der Waals surface area contributed by atoms with E-state index in [0.29, 0.717) is 0 Å². The second-order valence-electron chi connectivity index (χ2n) is 19.6. The van der Waals surface area contributed by atoms with Gasteiger partial charge < -0.3 is 49.4 Å². The summed E-state index contributed by atoms with van der Waals surface area (Å²) >= 11 is 0. The predicted octanol–water partition coefficient (Wildman–Crippen LogP) is 9.99. The lowest BCUT2D eigenvalue weighted by Crippen LogP contribution is -2.62. The van der Waals surface area contributed by atoms with Gasteiger partial charge in [0.05, 0.1) is 0 Å². The van der Waals surface area contributed by atoms with Crippen molar-refractivity contribution in [2.24, 2.45) is 0 Å². The minimum absolute atomic E-state index is 0.877. The van der Waals surface area contributed by atoms with Crippen molar-refractivity contribution in [1.82, 2.24) is 0 Å². The Kier molecular flexibility index (Phi) is 19.1. The average Bonchev–Trinajstić information content (AvgIpc) is 2.59. The lowest BCUT2D eigenvalue weighted by molar-refractivity contribution is 0.252. The maximum atomic E-state index is 6.82. The van der Waals surface area contributed by atoms with E-state index in [9.17, 15) is 0 Å². The molecule has 0 aliphatic carbocycles. The van der Waals surface area contributed by atoms with Crippen LogP contribution in [-0.4, -0.2) is 112 Å². The largest absolute Gasteiger partial charge is 0.437 e. The number of rotatable bonds is 24. The van der Waals surface area contributed by atoms with Gasteiger partial charge in [-0.3, -0.25) is 0 Å². The van der Waals surface area contributed by atoms with Crippen molar-refractivity contribution in [3.8, 4) is 0 Å². The molecular weight excluding hydrogens is 881 g/mol. The van der Waals surface area contributed by atoms with E-state index in [4.69, 9.17) is 49.4 Å². The molecule has 0 rings (SSSR count). The summed E-state index contributed by atoms with van der Waals surface area (Å²) in [6.45, 7) is 56.5. The third-order valence-electron chi connectivity index (χ3n) is 5.92. The molecule has 52 heavy (non-hydrogen) atoms. The summed E-state index contributed by atoms with van der Waals surface area (Å²) in [6.07, 6.45) is 0. The smallest absolute Gasteiger partial charge is 0.314 e. The normalized spacial score (nSPS) is 15.9. The topological polar surface area (TPSA) is 111 Å². The zero-order valence-electron chi connectivity index (χ0n) is 38.4. The Morgan fingerprint density at radius 1 is 0.212 bits per heavy atom. The molecule has 0 bridgehead atoms. The highest BCUT2D eigenvalue weighted by molar-refractivity contribution is 6.94. The lowest BCUT2D eigenvalue weighted by Gasteiger charge is -2.45. The summed E-state index contributed by atoms with van der Waals surface area (Å²) < 4.78 is 80.0. The van der Waals surface area contributed by atoms with Gasteiger partial charge in [0.15, 0.2) is 17.4 Å². The summed E-state index contributed by atoms with van der Waals surface area (Å²) in [4.78, 5) is 0. The van der Waals surface area contributed by atoms with Crippen LogP contribution in [-0.2, 0) is 49.4 Å². The first-order valence-corrected chi connectivity index (χ1v) is 55.2. The van der Waals surface area contributed by atoms with Crippen LogP contribution in [0, 0.1) is 0 Å². The summed E-state index contributed by atoms with van der Waals surface area (Å²) in [5.74, 6) is 0. The highest BCUT2D eigenvalue weighted by Crippen LogP contribution is 2.31. The molecule has 0 saturated heterocycles. The van der Waals surface area contributed by atoms with Gasteiger partial charge in [0, 0.05) is 0 Å². The Morgan fingerprint density at radius 3 is 0.481 bits per heavy atom. The molecule has 0 aromatic heterocycles. The molecule has 0 saturated carbocycles. The predicted molar refractivity (Wildman–Crippen MR) is 246 cm³/mol. The molecule has 0 fully saturated rings. The van der Waals surface area contributed by atoms with Gasteiger partial charge in [-0.2, -0.15) is 0 Å². The van der Waals surface area contributed by atoms with Crippen molar-refractivity contribution in [3.05, 3.63) is 0 Å². The number of hydrogen-bond donors (Lipinski definition) is 0.